The molecule has 54 valence electrons. The second-order valence-electron chi connectivity index (χ2n) is 2.24. The van der Waals surface area contributed by atoms with Crippen molar-refractivity contribution >= 4 is 28.3 Å². The van der Waals surface area contributed by atoms with E-state index in [1.54, 1.807) is 11.8 Å². The molecule has 0 aromatic rings. The number of hydrogen-bond donors (Lipinski definition) is 1. The Balaban J connectivity index is 3.17. The number of thioether (sulfide) groups is 1. The number of hydrogen-bond acceptors (Lipinski definition) is 2. The van der Waals surface area contributed by atoms with Gasteiger partial charge in [-0.1, -0.05) is 37.8 Å². The first-order chi connectivity index (χ1) is 4.16. The SMILES string of the molecule is CNC(=S)SCC(C)C. The lowest BCUT2D eigenvalue weighted by Gasteiger charge is -2.03. The molecular weight excluding hydrogens is 150 g/mol. The molecule has 0 radical (unpaired) electrons. The first-order valence-electron chi connectivity index (χ1n) is 3.01. The maximum atomic E-state index is 4.93. The molecule has 0 aromatic carbocycles. The van der Waals surface area contributed by atoms with Gasteiger partial charge < -0.3 is 5.32 Å². The van der Waals surface area contributed by atoms with Crippen LogP contribution in [0.1, 0.15) is 13.8 Å². The lowest BCUT2D eigenvalue weighted by Crippen LogP contribution is -2.12. The van der Waals surface area contributed by atoms with E-state index in [-0.39, 0.29) is 0 Å². The summed E-state index contributed by atoms with van der Waals surface area (Å²) in [5, 5.41) is 2.91. The minimum absolute atomic E-state index is 0.723. The summed E-state index contributed by atoms with van der Waals surface area (Å²) in [5.74, 6) is 1.83. The van der Waals surface area contributed by atoms with E-state index in [1.165, 1.54) is 0 Å². The van der Waals surface area contributed by atoms with Gasteiger partial charge >= 0.3 is 0 Å². The molecule has 1 nitrogen and oxygen atoms in total. The highest BCUT2D eigenvalue weighted by molar-refractivity contribution is 8.22. The van der Waals surface area contributed by atoms with Crippen LogP contribution in [-0.4, -0.2) is 17.1 Å². The third-order valence-electron chi connectivity index (χ3n) is 0.752. The highest BCUT2D eigenvalue weighted by Crippen LogP contribution is 2.07. The quantitative estimate of drug-likeness (QED) is 0.624. The monoisotopic (exact) mass is 163 g/mol. The van der Waals surface area contributed by atoms with Crippen LogP contribution in [0.25, 0.3) is 0 Å². The standard InChI is InChI=1S/C6H13NS2/c1-5(2)4-9-6(8)7-3/h5H,4H2,1-3H3,(H,7,8). The molecule has 3 heteroatoms. The minimum Gasteiger partial charge on any atom is -0.374 e. The second kappa shape index (κ2) is 5.06. The first kappa shape index (κ1) is 9.24. The molecule has 0 aromatic heterocycles. The molecule has 0 aliphatic rings. The van der Waals surface area contributed by atoms with Crippen molar-refractivity contribution in [2.45, 2.75) is 13.8 Å². The van der Waals surface area contributed by atoms with Crippen LogP contribution >= 0.6 is 24.0 Å². The summed E-state index contributed by atoms with van der Waals surface area (Å²) < 4.78 is 0.892. The van der Waals surface area contributed by atoms with Crippen LogP contribution in [0.4, 0.5) is 0 Å². The van der Waals surface area contributed by atoms with Gasteiger partial charge in [-0.2, -0.15) is 0 Å². The topological polar surface area (TPSA) is 12.0 Å². The Labute approximate surface area is 66.6 Å². The van der Waals surface area contributed by atoms with E-state index in [2.05, 4.69) is 19.2 Å². The second-order valence-corrected chi connectivity index (χ2v) is 3.94. The van der Waals surface area contributed by atoms with Crippen LogP contribution in [0.15, 0.2) is 0 Å². The minimum atomic E-state index is 0.723. The van der Waals surface area contributed by atoms with Crippen molar-refractivity contribution in [1.29, 1.82) is 0 Å². The molecule has 0 saturated carbocycles. The Morgan fingerprint density at radius 3 is 2.56 bits per heavy atom. The lowest BCUT2D eigenvalue weighted by molar-refractivity contribution is 0.752. The highest BCUT2D eigenvalue weighted by Gasteiger charge is 1.95. The number of nitrogens with one attached hydrogen (secondary N) is 1. The Kier molecular flexibility index (Phi) is 5.19. The van der Waals surface area contributed by atoms with Crippen molar-refractivity contribution in [2.75, 3.05) is 12.8 Å². The predicted octanol–water partition coefficient (Wildman–Crippen LogP) is 1.88. The van der Waals surface area contributed by atoms with Gasteiger partial charge in [0, 0.05) is 12.8 Å². The molecule has 0 aliphatic carbocycles. The zero-order valence-corrected chi connectivity index (χ0v) is 7.73. The number of thiocarbonyl (C=S) groups is 1. The van der Waals surface area contributed by atoms with Gasteiger partial charge in [0.2, 0.25) is 0 Å². The summed E-state index contributed by atoms with van der Waals surface area (Å²) in [5.41, 5.74) is 0. The average molecular weight is 163 g/mol. The molecule has 0 spiro atoms. The summed E-state index contributed by atoms with van der Waals surface area (Å²) in [6.07, 6.45) is 0. The van der Waals surface area contributed by atoms with Crippen LogP contribution in [0.2, 0.25) is 0 Å². The summed E-state index contributed by atoms with van der Waals surface area (Å²) in [4.78, 5) is 0. The zero-order valence-electron chi connectivity index (χ0n) is 6.10. The van der Waals surface area contributed by atoms with Gasteiger partial charge in [-0.3, -0.25) is 0 Å². The summed E-state index contributed by atoms with van der Waals surface area (Å²) >= 11 is 6.63. The molecule has 9 heavy (non-hydrogen) atoms. The Morgan fingerprint density at radius 2 is 2.22 bits per heavy atom. The van der Waals surface area contributed by atoms with Crippen LogP contribution in [0.3, 0.4) is 0 Å². The molecule has 0 aliphatic heterocycles. The first-order valence-corrected chi connectivity index (χ1v) is 4.40. The van der Waals surface area contributed by atoms with Crippen LogP contribution in [0.5, 0.6) is 0 Å². The van der Waals surface area contributed by atoms with Gasteiger partial charge in [0.1, 0.15) is 4.32 Å². The fraction of sp³-hybridized carbons (Fsp3) is 0.833. The molecule has 0 atom stereocenters. The van der Waals surface area contributed by atoms with E-state index in [0.717, 1.165) is 16.0 Å². The van der Waals surface area contributed by atoms with E-state index in [1.807, 2.05) is 7.05 Å². The molecule has 0 saturated heterocycles. The summed E-state index contributed by atoms with van der Waals surface area (Å²) in [7, 11) is 1.86. The van der Waals surface area contributed by atoms with Crippen molar-refractivity contribution in [2.24, 2.45) is 5.92 Å². The normalized spacial score (nSPS) is 9.78. The molecule has 1 N–H and O–H groups in total. The molecule has 0 fully saturated rings. The average Bonchev–Trinajstić information content (AvgIpc) is 1.83. The fourth-order valence-electron chi connectivity index (χ4n) is 0.315. The van der Waals surface area contributed by atoms with E-state index >= 15 is 0 Å². The van der Waals surface area contributed by atoms with E-state index < -0.39 is 0 Å². The highest BCUT2D eigenvalue weighted by atomic mass is 32.2. The molecule has 0 heterocycles. The Hall–Kier alpha value is 0.240. The van der Waals surface area contributed by atoms with Crippen LogP contribution < -0.4 is 5.32 Å². The van der Waals surface area contributed by atoms with E-state index in [0.29, 0.717) is 0 Å². The predicted molar refractivity (Wildman–Crippen MR) is 49.0 cm³/mol. The van der Waals surface area contributed by atoms with Crippen molar-refractivity contribution in [1.82, 2.24) is 5.32 Å². The molecular formula is C6H13NS2. The van der Waals surface area contributed by atoms with Gasteiger partial charge in [-0.25, -0.2) is 0 Å². The summed E-state index contributed by atoms with van der Waals surface area (Å²) in [6.45, 7) is 4.37. The molecule has 0 unspecified atom stereocenters. The third-order valence-corrected chi connectivity index (χ3v) is 2.61. The lowest BCUT2D eigenvalue weighted by atomic mass is 10.3. The van der Waals surface area contributed by atoms with Crippen molar-refractivity contribution in [3.8, 4) is 0 Å². The zero-order chi connectivity index (χ0) is 7.28. The largest absolute Gasteiger partial charge is 0.374 e. The van der Waals surface area contributed by atoms with E-state index in [9.17, 15) is 0 Å². The van der Waals surface area contributed by atoms with Gasteiger partial charge in [-0.05, 0) is 5.92 Å². The summed E-state index contributed by atoms with van der Waals surface area (Å²) in [6, 6.07) is 0. The smallest absolute Gasteiger partial charge is 0.133 e. The Bertz CT molecular complexity index is 91.1. The molecule has 0 bridgehead atoms. The molecule has 0 rings (SSSR count). The third kappa shape index (κ3) is 6.12. The fourth-order valence-corrected chi connectivity index (χ4v) is 1.15. The van der Waals surface area contributed by atoms with Gasteiger partial charge in [-0.15, -0.1) is 0 Å². The van der Waals surface area contributed by atoms with Crippen LogP contribution in [0, 0.1) is 5.92 Å². The van der Waals surface area contributed by atoms with Gasteiger partial charge in [0.15, 0.2) is 0 Å². The maximum absolute atomic E-state index is 4.93. The van der Waals surface area contributed by atoms with Crippen LogP contribution in [-0.2, 0) is 0 Å². The van der Waals surface area contributed by atoms with E-state index in [4.69, 9.17) is 12.2 Å². The van der Waals surface area contributed by atoms with Crippen molar-refractivity contribution < 1.29 is 0 Å². The Morgan fingerprint density at radius 1 is 1.67 bits per heavy atom. The van der Waals surface area contributed by atoms with Crippen molar-refractivity contribution in [3.63, 3.8) is 0 Å². The number of rotatable bonds is 2. The van der Waals surface area contributed by atoms with Crippen molar-refractivity contribution in [3.05, 3.63) is 0 Å². The maximum Gasteiger partial charge on any atom is 0.133 e. The van der Waals surface area contributed by atoms with Gasteiger partial charge in [0.25, 0.3) is 0 Å². The van der Waals surface area contributed by atoms with Gasteiger partial charge in [0.05, 0.1) is 0 Å². The molecule has 0 amide bonds.